The van der Waals surface area contributed by atoms with E-state index in [2.05, 4.69) is 30.9 Å². The molecule has 3 N–H and O–H groups in total. The number of esters is 1. The smallest absolute Gasteiger partial charge is 0.341 e. The van der Waals surface area contributed by atoms with Crippen LogP contribution >= 0.6 is 0 Å². The molecular weight excluding hydrogens is 365 g/mol. The summed E-state index contributed by atoms with van der Waals surface area (Å²) in [4.78, 5) is 24.2. The van der Waals surface area contributed by atoms with Gasteiger partial charge in [0.2, 0.25) is 0 Å². The molecule has 10 heteroatoms. The van der Waals surface area contributed by atoms with Crippen molar-refractivity contribution < 1.29 is 13.9 Å². The maximum absolute atomic E-state index is 14.9. The molecule has 2 aromatic rings. The van der Waals surface area contributed by atoms with E-state index in [-0.39, 0.29) is 17.8 Å². The standard InChI is InChI=1S/C18H20FN7O2/c1-28-17(27)13-9-24-15(26-16-10-22-12(7-20)8-23-16)6-14(13)25-11-18(19)2-4-21-5-3-18/h6,8-10,21H,2-5,11H2,1H3,(H2,23,24,25,26). The molecule has 3 heterocycles. The van der Waals surface area contributed by atoms with Crippen molar-refractivity contribution in [3.05, 3.63) is 35.9 Å². The lowest BCUT2D eigenvalue weighted by atomic mass is 9.94. The van der Waals surface area contributed by atoms with Crippen LogP contribution < -0.4 is 16.0 Å². The summed E-state index contributed by atoms with van der Waals surface area (Å²) in [5, 5.41) is 17.9. The first-order valence-corrected chi connectivity index (χ1v) is 8.74. The molecule has 28 heavy (non-hydrogen) atoms. The Morgan fingerprint density at radius 2 is 2.04 bits per heavy atom. The van der Waals surface area contributed by atoms with E-state index in [9.17, 15) is 9.18 Å². The Hall–Kier alpha value is -3.32. The van der Waals surface area contributed by atoms with Crippen LogP contribution in [0.25, 0.3) is 0 Å². The first-order chi connectivity index (χ1) is 13.5. The van der Waals surface area contributed by atoms with Crippen LogP contribution in [0.4, 0.5) is 21.7 Å². The van der Waals surface area contributed by atoms with E-state index in [0.29, 0.717) is 43.3 Å². The normalized spacial score (nSPS) is 15.3. The number of hydrogen-bond donors (Lipinski definition) is 3. The molecule has 0 radical (unpaired) electrons. The molecule has 9 nitrogen and oxygen atoms in total. The number of halogens is 1. The van der Waals surface area contributed by atoms with Gasteiger partial charge in [0.25, 0.3) is 0 Å². The summed E-state index contributed by atoms with van der Waals surface area (Å²) in [6.07, 6.45) is 4.86. The molecule has 1 saturated heterocycles. The zero-order valence-electron chi connectivity index (χ0n) is 15.3. The Labute approximate surface area is 161 Å². The lowest BCUT2D eigenvalue weighted by molar-refractivity contribution is 0.0601. The van der Waals surface area contributed by atoms with Gasteiger partial charge in [0.05, 0.1) is 25.2 Å². The summed E-state index contributed by atoms with van der Waals surface area (Å²) in [7, 11) is 1.27. The Bertz CT molecular complexity index is 876. The topological polar surface area (TPSA) is 125 Å². The number of carbonyl (C=O) groups excluding carboxylic acids is 1. The van der Waals surface area contributed by atoms with Crippen molar-refractivity contribution in [2.75, 3.05) is 37.4 Å². The van der Waals surface area contributed by atoms with Gasteiger partial charge >= 0.3 is 5.97 Å². The largest absolute Gasteiger partial charge is 0.465 e. The van der Waals surface area contributed by atoms with Crippen LogP contribution in [0.3, 0.4) is 0 Å². The van der Waals surface area contributed by atoms with E-state index in [4.69, 9.17) is 10.00 Å². The fourth-order valence-corrected chi connectivity index (χ4v) is 2.83. The summed E-state index contributed by atoms with van der Waals surface area (Å²) >= 11 is 0. The number of carbonyl (C=O) groups is 1. The highest BCUT2D eigenvalue weighted by Gasteiger charge is 2.31. The Morgan fingerprint density at radius 3 is 2.68 bits per heavy atom. The van der Waals surface area contributed by atoms with Crippen LogP contribution in [-0.2, 0) is 4.74 Å². The van der Waals surface area contributed by atoms with Gasteiger partial charge in [-0.1, -0.05) is 0 Å². The molecule has 146 valence electrons. The third-order valence-electron chi connectivity index (χ3n) is 4.43. The van der Waals surface area contributed by atoms with Crippen molar-refractivity contribution in [2.45, 2.75) is 18.5 Å². The third-order valence-corrected chi connectivity index (χ3v) is 4.43. The van der Waals surface area contributed by atoms with Crippen molar-refractivity contribution in [3.8, 4) is 6.07 Å². The van der Waals surface area contributed by atoms with Crippen molar-refractivity contribution in [1.82, 2.24) is 20.3 Å². The van der Waals surface area contributed by atoms with Gasteiger partial charge in [-0.05, 0) is 25.9 Å². The molecule has 0 atom stereocenters. The number of aromatic nitrogens is 3. The van der Waals surface area contributed by atoms with Crippen molar-refractivity contribution >= 4 is 23.3 Å². The van der Waals surface area contributed by atoms with Gasteiger partial charge in [-0.15, -0.1) is 0 Å². The average Bonchev–Trinajstić information content (AvgIpc) is 2.73. The fourth-order valence-electron chi connectivity index (χ4n) is 2.83. The van der Waals surface area contributed by atoms with Gasteiger partial charge in [0, 0.05) is 18.8 Å². The second-order valence-corrected chi connectivity index (χ2v) is 6.38. The molecule has 0 aliphatic carbocycles. The molecule has 0 unspecified atom stereocenters. The summed E-state index contributed by atoms with van der Waals surface area (Å²) in [5.74, 6) is 0.189. The Morgan fingerprint density at radius 1 is 1.29 bits per heavy atom. The van der Waals surface area contributed by atoms with Crippen LogP contribution in [0, 0.1) is 11.3 Å². The lowest BCUT2D eigenvalue weighted by Crippen LogP contribution is -2.43. The summed E-state index contributed by atoms with van der Waals surface area (Å²) < 4.78 is 19.7. The quantitative estimate of drug-likeness (QED) is 0.638. The van der Waals surface area contributed by atoms with Crippen molar-refractivity contribution in [3.63, 3.8) is 0 Å². The van der Waals surface area contributed by atoms with E-state index in [1.165, 1.54) is 25.7 Å². The minimum atomic E-state index is -1.35. The number of piperidine rings is 1. The molecule has 1 aliphatic heterocycles. The number of pyridine rings is 1. The van der Waals surface area contributed by atoms with Crippen LogP contribution in [-0.4, -0.2) is 53.3 Å². The zero-order chi connectivity index (χ0) is 20.0. The van der Waals surface area contributed by atoms with E-state index in [1.54, 1.807) is 6.07 Å². The predicted octanol–water partition coefficient (Wildman–Crippen LogP) is 1.78. The highest BCUT2D eigenvalue weighted by atomic mass is 19.1. The number of ether oxygens (including phenoxy) is 1. The van der Waals surface area contributed by atoms with E-state index >= 15 is 0 Å². The summed E-state index contributed by atoms with van der Waals surface area (Å²) in [6, 6.07) is 3.47. The fraction of sp³-hybridized carbons (Fsp3) is 0.389. The van der Waals surface area contributed by atoms with Gasteiger partial charge in [-0.2, -0.15) is 5.26 Å². The molecule has 0 amide bonds. The minimum Gasteiger partial charge on any atom is -0.465 e. The highest BCUT2D eigenvalue weighted by molar-refractivity contribution is 5.95. The van der Waals surface area contributed by atoms with Crippen molar-refractivity contribution in [1.29, 1.82) is 5.26 Å². The second-order valence-electron chi connectivity index (χ2n) is 6.38. The first-order valence-electron chi connectivity index (χ1n) is 8.74. The number of nitrogens with zero attached hydrogens (tertiary/aromatic N) is 4. The molecule has 0 saturated carbocycles. The Kier molecular flexibility index (Phi) is 5.96. The molecule has 1 fully saturated rings. The number of rotatable bonds is 6. The van der Waals surface area contributed by atoms with Gasteiger partial charge in [-0.25, -0.2) is 24.1 Å². The number of nitriles is 1. The maximum Gasteiger partial charge on any atom is 0.341 e. The molecule has 0 aromatic carbocycles. The number of alkyl halides is 1. The molecule has 3 rings (SSSR count). The predicted molar refractivity (Wildman–Crippen MR) is 100 cm³/mol. The van der Waals surface area contributed by atoms with Gasteiger partial charge in [0.1, 0.15) is 28.9 Å². The molecule has 0 spiro atoms. The molecule has 2 aromatic heterocycles. The van der Waals surface area contributed by atoms with E-state index in [0.717, 1.165) is 0 Å². The number of anilines is 3. The highest BCUT2D eigenvalue weighted by Crippen LogP contribution is 2.26. The van der Waals surface area contributed by atoms with Crippen LogP contribution in [0.2, 0.25) is 0 Å². The number of nitrogens with one attached hydrogen (secondary N) is 3. The van der Waals surface area contributed by atoms with Gasteiger partial charge in [0.15, 0.2) is 5.69 Å². The molecule has 1 aliphatic rings. The second kappa shape index (κ2) is 8.58. The monoisotopic (exact) mass is 385 g/mol. The average molecular weight is 385 g/mol. The van der Waals surface area contributed by atoms with E-state index in [1.807, 2.05) is 6.07 Å². The zero-order valence-corrected chi connectivity index (χ0v) is 15.3. The number of hydrogen-bond acceptors (Lipinski definition) is 9. The molecular formula is C18H20FN7O2. The third kappa shape index (κ3) is 4.69. The summed E-state index contributed by atoms with van der Waals surface area (Å²) in [6.45, 7) is 1.30. The minimum absolute atomic E-state index is 0.0683. The van der Waals surface area contributed by atoms with Gasteiger partial charge in [-0.3, -0.25) is 0 Å². The van der Waals surface area contributed by atoms with Crippen LogP contribution in [0.5, 0.6) is 0 Å². The van der Waals surface area contributed by atoms with Crippen LogP contribution in [0.1, 0.15) is 28.9 Å². The van der Waals surface area contributed by atoms with Crippen molar-refractivity contribution in [2.24, 2.45) is 0 Å². The maximum atomic E-state index is 14.9. The van der Waals surface area contributed by atoms with E-state index < -0.39 is 11.6 Å². The SMILES string of the molecule is COC(=O)c1cnc(Nc2cnc(C#N)cn2)cc1NCC1(F)CCNCC1. The van der Waals surface area contributed by atoms with Gasteiger partial charge < -0.3 is 20.7 Å². The number of methoxy groups -OCH3 is 1. The summed E-state index contributed by atoms with van der Waals surface area (Å²) in [5.41, 5.74) is -0.552. The lowest BCUT2D eigenvalue weighted by Gasteiger charge is -2.30. The van der Waals surface area contributed by atoms with Crippen LogP contribution in [0.15, 0.2) is 24.7 Å². The molecule has 0 bridgehead atoms. The Balaban J connectivity index is 1.79. The first kappa shape index (κ1) is 19.4.